The van der Waals surface area contributed by atoms with Crippen LogP contribution in [-0.4, -0.2) is 34.6 Å². The van der Waals surface area contributed by atoms with Gasteiger partial charge in [-0.1, -0.05) is 23.8 Å². The van der Waals surface area contributed by atoms with Gasteiger partial charge in [0.2, 0.25) is 0 Å². The molecule has 0 fully saturated rings. The van der Waals surface area contributed by atoms with Crippen molar-refractivity contribution >= 4 is 21.6 Å². The fraction of sp³-hybridized carbons (Fsp3) is 0.208. The molecule has 168 valence electrons. The van der Waals surface area contributed by atoms with Crippen LogP contribution in [0.1, 0.15) is 21.5 Å². The third-order valence-electron chi connectivity index (χ3n) is 4.79. The van der Waals surface area contributed by atoms with Crippen LogP contribution >= 0.6 is 0 Å². The summed E-state index contributed by atoms with van der Waals surface area (Å²) in [6, 6.07) is 18.6. The van der Waals surface area contributed by atoms with Gasteiger partial charge >= 0.3 is 0 Å². The first-order valence-corrected chi connectivity index (χ1v) is 11.5. The monoisotopic (exact) mass is 454 g/mol. The van der Waals surface area contributed by atoms with Crippen LogP contribution in [0, 0.1) is 13.8 Å². The van der Waals surface area contributed by atoms with E-state index in [9.17, 15) is 13.2 Å². The Labute approximate surface area is 188 Å². The minimum absolute atomic E-state index is 0.160. The van der Waals surface area contributed by atoms with Gasteiger partial charge in [0.1, 0.15) is 18.1 Å². The van der Waals surface area contributed by atoms with Gasteiger partial charge in [0.15, 0.2) is 0 Å². The van der Waals surface area contributed by atoms with Crippen LogP contribution in [0.15, 0.2) is 71.6 Å². The van der Waals surface area contributed by atoms with Crippen LogP contribution in [0.4, 0.5) is 5.69 Å². The number of nitrogens with one attached hydrogen (secondary N) is 2. The van der Waals surface area contributed by atoms with Crippen molar-refractivity contribution in [3.63, 3.8) is 0 Å². The molecule has 8 heteroatoms. The summed E-state index contributed by atoms with van der Waals surface area (Å²) in [5.41, 5.74) is 2.38. The molecule has 3 aromatic rings. The third-order valence-corrected chi connectivity index (χ3v) is 6.17. The number of sulfonamides is 1. The second-order valence-electron chi connectivity index (χ2n) is 7.23. The van der Waals surface area contributed by atoms with Crippen LogP contribution in [0.25, 0.3) is 0 Å². The van der Waals surface area contributed by atoms with Crippen LogP contribution in [0.3, 0.4) is 0 Å². The van der Waals surface area contributed by atoms with E-state index < -0.39 is 10.0 Å². The van der Waals surface area contributed by atoms with Gasteiger partial charge in [0, 0.05) is 5.56 Å². The molecule has 32 heavy (non-hydrogen) atoms. The van der Waals surface area contributed by atoms with Crippen LogP contribution in [0.5, 0.6) is 11.5 Å². The molecule has 0 heterocycles. The molecule has 0 saturated carbocycles. The number of anilines is 1. The molecule has 0 aromatic heterocycles. The molecular formula is C24H26N2O5S. The van der Waals surface area contributed by atoms with Gasteiger partial charge in [-0.3, -0.25) is 9.52 Å². The molecule has 0 saturated heterocycles. The van der Waals surface area contributed by atoms with Crippen LogP contribution < -0.4 is 19.5 Å². The topological polar surface area (TPSA) is 93.7 Å². The SMILES string of the molecule is COc1ccc(OCCNC(=O)c2ccc(C)c(NS(=O)(=O)c3ccc(C)cc3)c2)cc1. The average Bonchev–Trinajstić information content (AvgIpc) is 2.78. The summed E-state index contributed by atoms with van der Waals surface area (Å²) in [6.07, 6.45) is 0. The predicted molar refractivity (Wildman–Crippen MR) is 124 cm³/mol. The summed E-state index contributed by atoms with van der Waals surface area (Å²) in [5.74, 6) is 1.08. The minimum atomic E-state index is -3.76. The molecule has 0 aliphatic carbocycles. The first-order chi connectivity index (χ1) is 15.3. The lowest BCUT2D eigenvalue weighted by molar-refractivity contribution is 0.0947. The average molecular weight is 455 g/mol. The van der Waals surface area contributed by atoms with E-state index in [2.05, 4.69) is 10.0 Å². The van der Waals surface area contributed by atoms with Gasteiger partial charge in [0.05, 0.1) is 24.2 Å². The summed E-state index contributed by atoms with van der Waals surface area (Å²) >= 11 is 0. The molecule has 0 unspecified atom stereocenters. The number of carbonyl (C=O) groups excluding carboxylic acids is 1. The summed E-state index contributed by atoms with van der Waals surface area (Å²) < 4.78 is 38.7. The van der Waals surface area contributed by atoms with E-state index in [0.717, 1.165) is 11.3 Å². The van der Waals surface area contributed by atoms with Crippen molar-refractivity contribution in [3.8, 4) is 11.5 Å². The number of aryl methyl sites for hydroxylation is 2. The fourth-order valence-corrected chi connectivity index (χ4v) is 4.02. The molecule has 0 spiro atoms. The number of ether oxygens (including phenoxy) is 2. The molecule has 2 N–H and O–H groups in total. The summed E-state index contributed by atoms with van der Waals surface area (Å²) in [4.78, 5) is 12.7. The molecule has 0 bridgehead atoms. The van der Waals surface area contributed by atoms with Crippen LogP contribution in [0.2, 0.25) is 0 Å². The fourth-order valence-electron chi connectivity index (χ4n) is 2.90. The predicted octanol–water partition coefficient (Wildman–Crippen LogP) is 3.92. The van der Waals surface area contributed by atoms with E-state index in [1.165, 1.54) is 6.07 Å². The highest BCUT2D eigenvalue weighted by Crippen LogP contribution is 2.22. The highest BCUT2D eigenvalue weighted by atomic mass is 32.2. The number of hydrogen-bond acceptors (Lipinski definition) is 5. The zero-order chi connectivity index (χ0) is 23.1. The zero-order valence-corrected chi connectivity index (χ0v) is 19.0. The molecule has 3 aromatic carbocycles. The van der Waals surface area contributed by atoms with Crippen molar-refractivity contribution in [1.82, 2.24) is 5.32 Å². The Kier molecular flexibility index (Phi) is 7.37. The highest BCUT2D eigenvalue weighted by molar-refractivity contribution is 7.92. The summed E-state index contributed by atoms with van der Waals surface area (Å²) in [7, 11) is -2.17. The number of carbonyl (C=O) groups is 1. The Morgan fingerprint density at radius 1 is 0.906 bits per heavy atom. The molecule has 0 aliphatic heterocycles. The molecule has 7 nitrogen and oxygen atoms in total. The van der Waals surface area contributed by atoms with Crippen molar-refractivity contribution in [1.29, 1.82) is 0 Å². The van der Waals surface area contributed by atoms with Gasteiger partial charge < -0.3 is 14.8 Å². The molecule has 3 rings (SSSR count). The van der Waals surface area contributed by atoms with E-state index in [-0.39, 0.29) is 17.4 Å². The van der Waals surface area contributed by atoms with Gasteiger partial charge in [-0.05, 0) is 67.9 Å². The molecular weight excluding hydrogens is 428 g/mol. The number of benzene rings is 3. The lowest BCUT2D eigenvalue weighted by Gasteiger charge is -2.13. The quantitative estimate of drug-likeness (QED) is 0.478. The normalized spacial score (nSPS) is 11.0. The van der Waals surface area contributed by atoms with E-state index in [4.69, 9.17) is 9.47 Å². The molecule has 1 amide bonds. The largest absolute Gasteiger partial charge is 0.497 e. The highest BCUT2D eigenvalue weighted by Gasteiger charge is 2.16. The van der Waals surface area contributed by atoms with Crippen molar-refractivity contribution in [2.45, 2.75) is 18.7 Å². The van der Waals surface area contributed by atoms with Gasteiger partial charge in [-0.15, -0.1) is 0 Å². The first kappa shape index (κ1) is 23.1. The van der Waals surface area contributed by atoms with Gasteiger partial charge in [-0.2, -0.15) is 0 Å². The molecule has 0 radical (unpaired) electrons. The van der Waals surface area contributed by atoms with E-state index in [1.54, 1.807) is 74.7 Å². The standard InChI is InChI=1S/C24H26N2O5S/c1-17-4-12-22(13-5-17)32(28,29)26-23-16-19(7-6-18(23)2)24(27)25-14-15-31-21-10-8-20(30-3)9-11-21/h4-13,16,26H,14-15H2,1-3H3,(H,25,27). The zero-order valence-electron chi connectivity index (χ0n) is 18.2. The van der Waals surface area contributed by atoms with E-state index >= 15 is 0 Å². The van der Waals surface area contributed by atoms with E-state index in [1.807, 2.05) is 6.92 Å². The summed E-state index contributed by atoms with van der Waals surface area (Å²) in [6.45, 7) is 4.25. The van der Waals surface area contributed by atoms with Crippen molar-refractivity contribution in [3.05, 3.63) is 83.4 Å². The summed E-state index contributed by atoms with van der Waals surface area (Å²) in [5, 5.41) is 2.77. The Morgan fingerprint density at radius 2 is 1.56 bits per heavy atom. The Bertz CT molecular complexity index is 1170. The van der Waals surface area contributed by atoms with Crippen molar-refractivity contribution < 1.29 is 22.7 Å². The van der Waals surface area contributed by atoms with Gasteiger partial charge in [0.25, 0.3) is 15.9 Å². The lowest BCUT2D eigenvalue weighted by Crippen LogP contribution is -2.28. The maximum atomic E-state index is 12.7. The Morgan fingerprint density at radius 3 is 2.22 bits per heavy atom. The maximum Gasteiger partial charge on any atom is 0.261 e. The second kappa shape index (κ2) is 10.2. The second-order valence-corrected chi connectivity index (χ2v) is 8.91. The van der Waals surface area contributed by atoms with Gasteiger partial charge in [-0.25, -0.2) is 8.42 Å². The number of amides is 1. The van der Waals surface area contributed by atoms with E-state index in [0.29, 0.717) is 29.1 Å². The van der Waals surface area contributed by atoms with Crippen LogP contribution in [-0.2, 0) is 10.0 Å². The Hall–Kier alpha value is -3.52. The number of hydrogen-bond donors (Lipinski definition) is 2. The number of methoxy groups -OCH3 is 1. The first-order valence-electron chi connectivity index (χ1n) is 10.0. The lowest BCUT2D eigenvalue weighted by atomic mass is 10.1. The smallest absolute Gasteiger partial charge is 0.261 e. The molecule has 0 aliphatic rings. The number of rotatable bonds is 9. The Balaban J connectivity index is 1.60. The van der Waals surface area contributed by atoms with Crippen molar-refractivity contribution in [2.75, 3.05) is 25.0 Å². The third kappa shape index (κ3) is 6.01. The van der Waals surface area contributed by atoms with Crippen molar-refractivity contribution in [2.24, 2.45) is 0 Å². The molecule has 0 atom stereocenters. The minimum Gasteiger partial charge on any atom is -0.497 e. The maximum absolute atomic E-state index is 12.7.